The number of guanidine groups is 1. The molecular weight excluding hydrogens is 182 g/mol. The fourth-order valence-electron chi connectivity index (χ4n) is 0.978. The van der Waals surface area contributed by atoms with Crippen molar-refractivity contribution in [2.24, 2.45) is 10.7 Å². The van der Waals surface area contributed by atoms with Crippen molar-refractivity contribution in [2.75, 3.05) is 13.1 Å². The molecule has 0 aromatic carbocycles. The second-order valence-corrected chi connectivity index (χ2v) is 3.66. The highest BCUT2D eigenvalue weighted by Gasteiger charge is 1.92. The minimum Gasteiger partial charge on any atom is -0.370 e. The summed E-state index contributed by atoms with van der Waals surface area (Å²) in [7, 11) is 0. The van der Waals surface area contributed by atoms with Crippen LogP contribution in [-0.2, 0) is 6.42 Å². The predicted octanol–water partition coefficient (Wildman–Crippen LogP) is 1.21. The van der Waals surface area contributed by atoms with Crippen molar-refractivity contribution < 1.29 is 0 Å². The van der Waals surface area contributed by atoms with Crippen LogP contribution in [0.2, 0.25) is 0 Å². The number of hydrogen-bond acceptors (Lipinski definition) is 2. The molecule has 13 heavy (non-hydrogen) atoms. The van der Waals surface area contributed by atoms with Gasteiger partial charge in [0.2, 0.25) is 0 Å². The largest absolute Gasteiger partial charge is 0.370 e. The summed E-state index contributed by atoms with van der Waals surface area (Å²) < 4.78 is 0. The topological polar surface area (TPSA) is 50.4 Å². The highest BCUT2D eigenvalue weighted by Crippen LogP contribution is 2.08. The van der Waals surface area contributed by atoms with Crippen LogP contribution in [0.25, 0.3) is 0 Å². The zero-order valence-corrected chi connectivity index (χ0v) is 8.60. The van der Waals surface area contributed by atoms with Gasteiger partial charge in [-0.15, -0.1) is 11.3 Å². The van der Waals surface area contributed by atoms with Crippen molar-refractivity contribution >= 4 is 17.3 Å². The molecule has 1 aromatic heterocycles. The first-order valence-corrected chi connectivity index (χ1v) is 5.27. The summed E-state index contributed by atoms with van der Waals surface area (Å²) in [6, 6.07) is 4.17. The lowest BCUT2D eigenvalue weighted by atomic mass is 10.3. The molecule has 0 unspecified atom stereocenters. The molecule has 72 valence electrons. The van der Waals surface area contributed by atoms with E-state index >= 15 is 0 Å². The molecule has 0 aliphatic heterocycles. The van der Waals surface area contributed by atoms with Gasteiger partial charge in [-0.2, -0.15) is 0 Å². The van der Waals surface area contributed by atoms with Crippen LogP contribution in [0.5, 0.6) is 0 Å². The molecule has 0 fully saturated rings. The monoisotopic (exact) mass is 197 g/mol. The lowest BCUT2D eigenvalue weighted by molar-refractivity contribution is 0.911. The maximum Gasteiger partial charge on any atom is 0.188 e. The van der Waals surface area contributed by atoms with Crippen molar-refractivity contribution in [3.05, 3.63) is 22.4 Å². The molecule has 1 aromatic rings. The van der Waals surface area contributed by atoms with Crippen LogP contribution in [0.15, 0.2) is 22.5 Å². The summed E-state index contributed by atoms with van der Waals surface area (Å²) in [5.74, 6) is 0.541. The molecule has 0 aliphatic carbocycles. The number of hydrogen-bond donors (Lipinski definition) is 2. The summed E-state index contributed by atoms with van der Waals surface area (Å²) in [5, 5.41) is 5.03. The van der Waals surface area contributed by atoms with Crippen LogP contribution in [0.1, 0.15) is 11.8 Å². The summed E-state index contributed by atoms with van der Waals surface area (Å²) in [4.78, 5) is 5.53. The lowest BCUT2D eigenvalue weighted by Crippen LogP contribution is -2.31. The van der Waals surface area contributed by atoms with Gasteiger partial charge in [0.1, 0.15) is 0 Å². The molecule has 4 heteroatoms. The van der Waals surface area contributed by atoms with E-state index in [4.69, 9.17) is 5.73 Å². The Kier molecular flexibility index (Phi) is 4.32. The molecule has 0 spiro atoms. The Bertz CT molecular complexity index is 254. The van der Waals surface area contributed by atoms with Crippen molar-refractivity contribution in [3.8, 4) is 0 Å². The minimum absolute atomic E-state index is 0.541. The lowest BCUT2D eigenvalue weighted by Gasteiger charge is -2.00. The van der Waals surface area contributed by atoms with Crippen molar-refractivity contribution in [1.82, 2.24) is 5.32 Å². The summed E-state index contributed by atoms with van der Waals surface area (Å²) in [6.45, 7) is 3.59. The van der Waals surface area contributed by atoms with E-state index in [1.807, 2.05) is 6.92 Å². The van der Waals surface area contributed by atoms with E-state index in [2.05, 4.69) is 27.8 Å². The van der Waals surface area contributed by atoms with E-state index < -0.39 is 0 Å². The molecule has 0 amide bonds. The third-order valence-electron chi connectivity index (χ3n) is 1.58. The number of thiophene rings is 1. The van der Waals surface area contributed by atoms with Gasteiger partial charge in [0, 0.05) is 24.4 Å². The first-order valence-electron chi connectivity index (χ1n) is 4.39. The Morgan fingerprint density at radius 2 is 2.54 bits per heavy atom. The van der Waals surface area contributed by atoms with Crippen molar-refractivity contribution in [1.29, 1.82) is 0 Å². The van der Waals surface area contributed by atoms with Crippen LogP contribution in [0.4, 0.5) is 0 Å². The number of rotatable bonds is 4. The van der Waals surface area contributed by atoms with Gasteiger partial charge in [0.25, 0.3) is 0 Å². The zero-order valence-electron chi connectivity index (χ0n) is 7.79. The molecular formula is C9H15N3S. The number of aliphatic imine (C=N–C) groups is 1. The smallest absolute Gasteiger partial charge is 0.188 e. The average molecular weight is 197 g/mol. The second-order valence-electron chi connectivity index (χ2n) is 2.63. The minimum atomic E-state index is 0.541. The standard InChI is InChI=1S/C9H15N3S/c1-2-11-9(10)12-6-5-8-4-3-7-13-8/h3-4,7H,2,5-6H2,1H3,(H3,10,11,12). The molecule has 0 aliphatic rings. The summed E-state index contributed by atoms with van der Waals surface area (Å²) in [6.07, 6.45) is 0.976. The molecule has 0 bridgehead atoms. The van der Waals surface area contributed by atoms with Gasteiger partial charge in [-0.1, -0.05) is 6.07 Å². The molecule has 0 radical (unpaired) electrons. The normalized spacial score (nSPS) is 11.6. The Hall–Kier alpha value is -1.03. The molecule has 0 atom stereocenters. The van der Waals surface area contributed by atoms with Crippen LogP contribution in [0, 0.1) is 0 Å². The van der Waals surface area contributed by atoms with Crippen LogP contribution in [-0.4, -0.2) is 19.0 Å². The van der Waals surface area contributed by atoms with E-state index in [1.165, 1.54) is 4.88 Å². The summed E-state index contributed by atoms with van der Waals surface area (Å²) in [5.41, 5.74) is 5.57. The highest BCUT2D eigenvalue weighted by atomic mass is 32.1. The van der Waals surface area contributed by atoms with E-state index in [-0.39, 0.29) is 0 Å². The quantitative estimate of drug-likeness (QED) is 0.563. The number of nitrogens with two attached hydrogens (primary N) is 1. The summed E-state index contributed by atoms with van der Waals surface area (Å²) >= 11 is 1.76. The molecule has 1 rings (SSSR count). The SMILES string of the molecule is CCNC(N)=NCCc1cccs1. The average Bonchev–Trinajstić information content (AvgIpc) is 2.57. The third kappa shape index (κ3) is 3.94. The van der Waals surface area contributed by atoms with Gasteiger partial charge < -0.3 is 11.1 Å². The fourth-order valence-corrected chi connectivity index (χ4v) is 1.68. The van der Waals surface area contributed by atoms with Crippen LogP contribution >= 0.6 is 11.3 Å². The van der Waals surface area contributed by atoms with Crippen LogP contribution in [0.3, 0.4) is 0 Å². The van der Waals surface area contributed by atoms with Gasteiger partial charge in [-0.05, 0) is 18.4 Å². The van der Waals surface area contributed by atoms with Crippen LogP contribution < -0.4 is 11.1 Å². The van der Waals surface area contributed by atoms with Gasteiger partial charge in [-0.25, -0.2) is 0 Å². The number of nitrogens with one attached hydrogen (secondary N) is 1. The maximum absolute atomic E-state index is 5.57. The maximum atomic E-state index is 5.57. The number of nitrogens with zero attached hydrogens (tertiary/aromatic N) is 1. The van der Waals surface area contributed by atoms with Gasteiger partial charge in [0.15, 0.2) is 5.96 Å². The first-order chi connectivity index (χ1) is 6.33. The highest BCUT2D eigenvalue weighted by molar-refractivity contribution is 7.09. The Balaban J connectivity index is 2.24. The van der Waals surface area contributed by atoms with Gasteiger partial charge in [-0.3, -0.25) is 4.99 Å². The van der Waals surface area contributed by atoms with Gasteiger partial charge >= 0.3 is 0 Å². The Morgan fingerprint density at radius 3 is 3.15 bits per heavy atom. The Labute approximate surface area is 82.7 Å². The molecule has 0 saturated carbocycles. The van der Waals surface area contributed by atoms with E-state index in [0.717, 1.165) is 19.5 Å². The van der Waals surface area contributed by atoms with Crippen molar-refractivity contribution in [3.63, 3.8) is 0 Å². The predicted molar refractivity (Wildman–Crippen MR) is 58.2 cm³/mol. The molecule has 3 nitrogen and oxygen atoms in total. The zero-order chi connectivity index (χ0) is 9.52. The molecule has 0 saturated heterocycles. The molecule has 1 heterocycles. The Morgan fingerprint density at radius 1 is 1.69 bits per heavy atom. The second kappa shape index (κ2) is 5.59. The van der Waals surface area contributed by atoms with E-state index in [9.17, 15) is 0 Å². The van der Waals surface area contributed by atoms with Gasteiger partial charge in [0.05, 0.1) is 0 Å². The van der Waals surface area contributed by atoms with Crippen molar-refractivity contribution in [2.45, 2.75) is 13.3 Å². The molecule has 3 N–H and O–H groups in total. The fraction of sp³-hybridized carbons (Fsp3) is 0.444. The van der Waals surface area contributed by atoms with E-state index in [1.54, 1.807) is 11.3 Å². The van der Waals surface area contributed by atoms with E-state index in [0.29, 0.717) is 5.96 Å². The third-order valence-corrected chi connectivity index (χ3v) is 2.51. The first kappa shape index (κ1) is 10.1.